The van der Waals surface area contributed by atoms with Crippen molar-refractivity contribution in [3.05, 3.63) is 58.3 Å². The van der Waals surface area contributed by atoms with Crippen LogP contribution in [0.2, 0.25) is 0 Å². The quantitative estimate of drug-likeness (QED) is 0.415. The number of pyridine rings is 2. The Morgan fingerprint density at radius 2 is 1.63 bits per heavy atom. The van der Waals surface area contributed by atoms with Gasteiger partial charge in [-0.3, -0.25) is 0 Å². The highest BCUT2D eigenvalue weighted by Gasteiger charge is 2.17. The third-order valence-electron chi connectivity index (χ3n) is 3.62. The fraction of sp³-hybridized carbons (Fsp3) is 0.0588. The van der Waals surface area contributed by atoms with E-state index in [4.69, 9.17) is 5.11 Å². The third-order valence-corrected chi connectivity index (χ3v) is 4.44. The first-order valence-corrected chi connectivity index (χ1v) is 8.29. The highest BCUT2D eigenvalue weighted by Crippen LogP contribution is 2.26. The number of carbonyl (C=O) groups is 2. The van der Waals surface area contributed by atoms with Gasteiger partial charge in [0.1, 0.15) is 17.0 Å². The van der Waals surface area contributed by atoms with E-state index >= 15 is 0 Å². The van der Waals surface area contributed by atoms with Crippen LogP contribution in [0.5, 0.6) is 0 Å². The van der Waals surface area contributed by atoms with Gasteiger partial charge in [-0.15, -0.1) is 0 Å². The molecule has 138 valence electrons. The highest BCUT2D eigenvalue weighted by atomic mass is 79.9. The molecule has 0 saturated heterocycles. The number of hydrogen-bond donors (Lipinski definition) is 3. The van der Waals surface area contributed by atoms with Crippen LogP contribution in [0.4, 0.5) is 4.39 Å². The summed E-state index contributed by atoms with van der Waals surface area (Å²) in [5, 5.41) is 9.63. The van der Waals surface area contributed by atoms with Gasteiger partial charge in [-0.1, -0.05) is 0 Å². The zero-order chi connectivity index (χ0) is 19.6. The monoisotopic (exact) mass is 434 g/mol. The number of nitrogens with zero attached hydrogens (tertiary/aromatic N) is 2. The van der Waals surface area contributed by atoms with Crippen LogP contribution in [0, 0.1) is 5.82 Å². The van der Waals surface area contributed by atoms with Crippen LogP contribution in [-0.2, 0) is 4.74 Å². The lowest BCUT2D eigenvalue weighted by molar-refractivity contribution is 0.0593. The molecule has 0 fully saturated rings. The van der Waals surface area contributed by atoms with Crippen molar-refractivity contribution >= 4 is 49.9 Å². The Bertz CT molecular complexity index is 1150. The molecular weight excluding hydrogens is 423 g/mol. The number of esters is 1. The molecule has 0 aromatic carbocycles. The standard InChI is InChI=1S/C9H7BrN2O2.C8H5FN2O2/c1-14-9(13)7-6(10)5-3-2-4-11-8(5)12-7;9-5-4-2-1-3-10-7(4)11-6(5)8(12)13/h2-4H,1H3,(H,11,12);1-3H,(H,10,11)(H,12,13). The van der Waals surface area contributed by atoms with Gasteiger partial charge >= 0.3 is 11.9 Å². The average Bonchev–Trinajstić information content (AvgIpc) is 3.20. The Morgan fingerprint density at radius 1 is 1.07 bits per heavy atom. The molecule has 0 unspecified atom stereocenters. The van der Waals surface area contributed by atoms with Crippen molar-refractivity contribution in [1.82, 2.24) is 19.9 Å². The SMILES string of the molecule is COC(=O)c1[nH]c2ncccc2c1Br.O=C(O)c1[nH]c2ncccc2c1F. The molecule has 27 heavy (non-hydrogen) atoms. The first kappa shape index (κ1) is 18.5. The summed E-state index contributed by atoms with van der Waals surface area (Å²) in [5.41, 5.74) is 0.854. The van der Waals surface area contributed by atoms with E-state index in [-0.39, 0.29) is 11.0 Å². The Hall–Kier alpha value is -3.27. The van der Waals surface area contributed by atoms with Crippen LogP contribution in [0.3, 0.4) is 0 Å². The largest absolute Gasteiger partial charge is 0.476 e. The number of carbonyl (C=O) groups excluding carboxylic acids is 1. The second-order valence-corrected chi connectivity index (χ2v) is 6.02. The molecule has 4 aromatic heterocycles. The van der Waals surface area contributed by atoms with Gasteiger partial charge in [-0.25, -0.2) is 23.9 Å². The fourth-order valence-electron chi connectivity index (χ4n) is 2.37. The van der Waals surface area contributed by atoms with Gasteiger partial charge in [0.25, 0.3) is 0 Å². The van der Waals surface area contributed by atoms with Crippen molar-refractivity contribution in [3.8, 4) is 0 Å². The smallest absolute Gasteiger partial charge is 0.355 e. The number of H-pyrrole nitrogens is 2. The maximum Gasteiger partial charge on any atom is 0.355 e. The van der Waals surface area contributed by atoms with Crippen LogP contribution in [0.1, 0.15) is 21.0 Å². The number of hydrogen-bond acceptors (Lipinski definition) is 5. The van der Waals surface area contributed by atoms with E-state index in [1.165, 1.54) is 19.4 Å². The van der Waals surface area contributed by atoms with Gasteiger partial charge < -0.3 is 19.8 Å². The van der Waals surface area contributed by atoms with Crippen molar-refractivity contribution in [3.63, 3.8) is 0 Å². The number of fused-ring (bicyclic) bond motifs is 2. The Labute approximate surface area is 159 Å². The van der Waals surface area contributed by atoms with Crippen LogP contribution >= 0.6 is 15.9 Å². The van der Waals surface area contributed by atoms with E-state index < -0.39 is 23.4 Å². The molecule has 3 N–H and O–H groups in total. The second kappa shape index (κ2) is 7.54. The molecule has 0 bridgehead atoms. The predicted octanol–water partition coefficient (Wildman–Crippen LogP) is 3.51. The summed E-state index contributed by atoms with van der Waals surface area (Å²) in [6, 6.07) is 6.70. The number of ether oxygens (including phenoxy) is 1. The Balaban J connectivity index is 0.000000156. The van der Waals surface area contributed by atoms with E-state index in [1.54, 1.807) is 12.3 Å². The molecule has 0 aliphatic rings. The van der Waals surface area contributed by atoms with Crippen LogP contribution in [0.25, 0.3) is 22.1 Å². The van der Waals surface area contributed by atoms with Gasteiger partial charge in [0, 0.05) is 17.8 Å². The van der Waals surface area contributed by atoms with Crippen molar-refractivity contribution in [2.45, 2.75) is 0 Å². The molecule has 8 nitrogen and oxygen atoms in total. The van der Waals surface area contributed by atoms with Crippen molar-refractivity contribution < 1.29 is 23.8 Å². The van der Waals surface area contributed by atoms with Crippen molar-refractivity contribution in [1.29, 1.82) is 0 Å². The van der Waals surface area contributed by atoms with Crippen LogP contribution in [0.15, 0.2) is 41.1 Å². The van der Waals surface area contributed by atoms with Gasteiger partial charge in [0.05, 0.1) is 17.0 Å². The number of aromatic amines is 2. The Kier molecular flexibility index (Phi) is 5.17. The molecular formula is C17H12BrFN4O4. The number of aromatic nitrogens is 4. The van der Waals surface area contributed by atoms with Crippen molar-refractivity contribution in [2.24, 2.45) is 0 Å². The lowest BCUT2D eigenvalue weighted by Gasteiger charge is -1.94. The lowest BCUT2D eigenvalue weighted by atomic mass is 10.3. The van der Waals surface area contributed by atoms with E-state index in [0.29, 0.717) is 15.8 Å². The van der Waals surface area contributed by atoms with Gasteiger partial charge in [0.2, 0.25) is 0 Å². The molecule has 4 rings (SSSR count). The summed E-state index contributed by atoms with van der Waals surface area (Å²) in [6.07, 6.45) is 3.12. The van der Waals surface area contributed by atoms with E-state index in [9.17, 15) is 14.0 Å². The number of aromatic carboxylic acids is 1. The normalized spacial score (nSPS) is 10.5. The zero-order valence-corrected chi connectivity index (χ0v) is 15.4. The summed E-state index contributed by atoms with van der Waals surface area (Å²) in [6.45, 7) is 0. The molecule has 4 aromatic rings. The minimum atomic E-state index is -1.32. The molecule has 0 radical (unpaired) electrons. The van der Waals surface area contributed by atoms with Gasteiger partial charge in [0.15, 0.2) is 11.5 Å². The minimum absolute atomic E-state index is 0.194. The van der Waals surface area contributed by atoms with Crippen LogP contribution in [-0.4, -0.2) is 44.1 Å². The number of carboxylic acid groups (broad SMARTS) is 1. The van der Waals surface area contributed by atoms with Gasteiger partial charge in [-0.2, -0.15) is 0 Å². The summed E-state index contributed by atoms with van der Waals surface area (Å²) in [5.74, 6) is -2.50. The summed E-state index contributed by atoms with van der Waals surface area (Å²) in [7, 11) is 1.34. The number of nitrogens with one attached hydrogen (secondary N) is 2. The number of methoxy groups -OCH3 is 1. The molecule has 0 amide bonds. The van der Waals surface area contributed by atoms with E-state index in [2.05, 4.69) is 40.6 Å². The topological polar surface area (TPSA) is 121 Å². The molecule has 0 aliphatic carbocycles. The minimum Gasteiger partial charge on any atom is -0.476 e. The van der Waals surface area contributed by atoms with E-state index in [0.717, 1.165) is 5.39 Å². The summed E-state index contributed by atoms with van der Waals surface area (Å²) < 4.78 is 18.5. The predicted molar refractivity (Wildman–Crippen MR) is 98.1 cm³/mol. The fourth-order valence-corrected chi connectivity index (χ4v) is 2.95. The molecule has 0 aliphatic heterocycles. The molecule has 4 heterocycles. The zero-order valence-electron chi connectivity index (χ0n) is 13.8. The lowest BCUT2D eigenvalue weighted by Crippen LogP contribution is -2.01. The average molecular weight is 435 g/mol. The van der Waals surface area contributed by atoms with Crippen molar-refractivity contribution in [2.75, 3.05) is 7.11 Å². The van der Waals surface area contributed by atoms with Gasteiger partial charge in [-0.05, 0) is 40.2 Å². The molecule has 0 saturated carbocycles. The third kappa shape index (κ3) is 3.51. The number of rotatable bonds is 2. The molecule has 0 spiro atoms. The first-order valence-electron chi connectivity index (χ1n) is 7.50. The Morgan fingerprint density at radius 3 is 2.15 bits per heavy atom. The number of halogens is 2. The number of carboxylic acids is 1. The first-order chi connectivity index (χ1) is 12.9. The second-order valence-electron chi connectivity index (χ2n) is 5.22. The maximum atomic E-state index is 13.2. The maximum absolute atomic E-state index is 13.2. The molecule has 10 heteroatoms. The van der Waals surface area contributed by atoms with Crippen LogP contribution < -0.4 is 0 Å². The highest BCUT2D eigenvalue weighted by molar-refractivity contribution is 9.10. The summed E-state index contributed by atoms with van der Waals surface area (Å²) >= 11 is 3.32. The summed E-state index contributed by atoms with van der Waals surface area (Å²) in [4.78, 5) is 34.9. The molecule has 0 atom stereocenters. The van der Waals surface area contributed by atoms with E-state index in [1.807, 2.05) is 12.1 Å².